The second-order valence-electron chi connectivity index (χ2n) is 5.82. The van der Waals surface area contributed by atoms with Gasteiger partial charge in [-0.25, -0.2) is 0 Å². The number of amides is 1. The molecule has 2 saturated carbocycles. The molecule has 3 heteroatoms. The van der Waals surface area contributed by atoms with E-state index in [0.29, 0.717) is 23.9 Å². The molecule has 0 radical (unpaired) electrons. The van der Waals surface area contributed by atoms with Crippen LogP contribution in [0.3, 0.4) is 0 Å². The van der Waals surface area contributed by atoms with Crippen LogP contribution in [0.5, 0.6) is 0 Å². The van der Waals surface area contributed by atoms with Crippen molar-refractivity contribution in [2.45, 2.75) is 64.5 Å². The van der Waals surface area contributed by atoms with Crippen LogP contribution in [0.1, 0.15) is 52.4 Å². The number of hydrogen-bond donors (Lipinski definition) is 1. The molecule has 0 aromatic heterocycles. The van der Waals surface area contributed by atoms with Gasteiger partial charge in [0.15, 0.2) is 0 Å². The zero-order valence-electron chi connectivity index (χ0n) is 11.2. The molecule has 0 bridgehead atoms. The third kappa shape index (κ3) is 3.01. The molecular formula is C14H26N2O. The first-order valence-corrected chi connectivity index (χ1v) is 7.19. The summed E-state index contributed by atoms with van der Waals surface area (Å²) in [5, 5.41) is 0. The molecule has 0 spiro atoms. The van der Waals surface area contributed by atoms with Gasteiger partial charge in [-0.05, 0) is 51.4 Å². The van der Waals surface area contributed by atoms with Crippen molar-refractivity contribution < 1.29 is 4.79 Å². The van der Waals surface area contributed by atoms with E-state index in [-0.39, 0.29) is 5.92 Å². The van der Waals surface area contributed by atoms with Gasteiger partial charge < -0.3 is 10.6 Å². The van der Waals surface area contributed by atoms with E-state index in [4.69, 9.17) is 5.73 Å². The Morgan fingerprint density at radius 3 is 2.29 bits per heavy atom. The second-order valence-corrected chi connectivity index (χ2v) is 5.82. The first-order valence-electron chi connectivity index (χ1n) is 7.19. The molecule has 2 aliphatic carbocycles. The van der Waals surface area contributed by atoms with E-state index < -0.39 is 0 Å². The smallest absolute Gasteiger partial charge is 0.225 e. The van der Waals surface area contributed by atoms with Gasteiger partial charge in [0, 0.05) is 24.5 Å². The Morgan fingerprint density at radius 1 is 1.24 bits per heavy atom. The molecular weight excluding hydrogens is 212 g/mol. The molecule has 1 amide bonds. The lowest BCUT2D eigenvalue weighted by molar-refractivity contribution is -0.138. The Balaban J connectivity index is 1.92. The van der Waals surface area contributed by atoms with Crippen molar-refractivity contribution >= 4 is 5.91 Å². The Hall–Kier alpha value is -0.570. The lowest BCUT2D eigenvalue weighted by Crippen LogP contribution is -2.46. The van der Waals surface area contributed by atoms with Crippen molar-refractivity contribution in [3.63, 3.8) is 0 Å². The molecule has 1 atom stereocenters. The molecule has 0 aliphatic heterocycles. The summed E-state index contributed by atoms with van der Waals surface area (Å²) in [5.74, 6) is 1.29. The Bertz CT molecular complexity index is 267. The van der Waals surface area contributed by atoms with Gasteiger partial charge in [-0.15, -0.1) is 0 Å². The molecule has 0 aromatic carbocycles. The van der Waals surface area contributed by atoms with Gasteiger partial charge in [0.2, 0.25) is 5.91 Å². The van der Waals surface area contributed by atoms with Gasteiger partial charge >= 0.3 is 0 Å². The summed E-state index contributed by atoms with van der Waals surface area (Å²) >= 11 is 0. The SMILES string of the molecule is CCN(C(=O)C(C)C1CC1)C1CCC(N)CC1. The van der Waals surface area contributed by atoms with E-state index in [1.807, 2.05) is 0 Å². The molecule has 2 fully saturated rings. The average Bonchev–Trinajstić information content (AvgIpc) is 3.15. The van der Waals surface area contributed by atoms with Crippen LogP contribution >= 0.6 is 0 Å². The maximum atomic E-state index is 12.4. The summed E-state index contributed by atoms with van der Waals surface area (Å²) in [7, 11) is 0. The van der Waals surface area contributed by atoms with E-state index in [9.17, 15) is 4.79 Å². The largest absolute Gasteiger partial charge is 0.340 e. The fraction of sp³-hybridized carbons (Fsp3) is 0.929. The number of rotatable bonds is 4. The first-order chi connectivity index (χ1) is 8.13. The summed E-state index contributed by atoms with van der Waals surface area (Å²) in [6.45, 7) is 5.07. The van der Waals surface area contributed by atoms with Crippen molar-refractivity contribution in [2.75, 3.05) is 6.54 Å². The molecule has 0 saturated heterocycles. The standard InChI is InChI=1S/C14H26N2O/c1-3-16(13-8-6-12(15)7-9-13)14(17)10(2)11-4-5-11/h10-13H,3-9,15H2,1-2H3. The number of hydrogen-bond acceptors (Lipinski definition) is 2. The fourth-order valence-corrected chi connectivity index (χ4v) is 3.07. The minimum absolute atomic E-state index is 0.241. The van der Waals surface area contributed by atoms with Crippen molar-refractivity contribution in [1.82, 2.24) is 4.90 Å². The summed E-state index contributed by atoms with van der Waals surface area (Å²) in [6.07, 6.45) is 6.84. The van der Waals surface area contributed by atoms with E-state index >= 15 is 0 Å². The van der Waals surface area contributed by atoms with Gasteiger partial charge in [0.05, 0.1) is 0 Å². The molecule has 2 N–H and O–H groups in total. The first kappa shape index (κ1) is 12.9. The normalized spacial score (nSPS) is 31.0. The van der Waals surface area contributed by atoms with Crippen molar-refractivity contribution in [3.05, 3.63) is 0 Å². The highest BCUT2D eigenvalue weighted by Crippen LogP contribution is 2.38. The van der Waals surface area contributed by atoms with Crippen LogP contribution in [0, 0.1) is 11.8 Å². The maximum absolute atomic E-state index is 12.4. The van der Waals surface area contributed by atoms with Crippen LogP contribution in [0.25, 0.3) is 0 Å². The maximum Gasteiger partial charge on any atom is 0.225 e. The zero-order valence-corrected chi connectivity index (χ0v) is 11.2. The molecule has 2 rings (SSSR count). The fourth-order valence-electron chi connectivity index (χ4n) is 3.07. The Labute approximate surface area is 105 Å². The van der Waals surface area contributed by atoms with Crippen molar-refractivity contribution in [2.24, 2.45) is 17.6 Å². The molecule has 2 aliphatic rings. The van der Waals surface area contributed by atoms with Crippen molar-refractivity contribution in [1.29, 1.82) is 0 Å². The summed E-state index contributed by atoms with van der Waals surface area (Å²) < 4.78 is 0. The van der Waals surface area contributed by atoms with Gasteiger partial charge in [-0.1, -0.05) is 6.92 Å². The molecule has 98 valence electrons. The van der Waals surface area contributed by atoms with Gasteiger partial charge in [-0.3, -0.25) is 4.79 Å². The lowest BCUT2D eigenvalue weighted by Gasteiger charge is -2.37. The molecule has 0 aromatic rings. The lowest BCUT2D eigenvalue weighted by atomic mass is 9.90. The quantitative estimate of drug-likeness (QED) is 0.815. The number of nitrogens with zero attached hydrogens (tertiary/aromatic N) is 1. The highest BCUT2D eigenvalue weighted by Gasteiger charge is 2.36. The number of carbonyl (C=O) groups is 1. The predicted octanol–water partition coefficient (Wildman–Crippen LogP) is 2.15. The summed E-state index contributed by atoms with van der Waals surface area (Å²) in [4.78, 5) is 14.6. The Kier molecular flexibility index (Phi) is 4.08. The average molecular weight is 238 g/mol. The highest BCUT2D eigenvalue weighted by molar-refractivity contribution is 5.79. The topological polar surface area (TPSA) is 46.3 Å². The number of nitrogens with two attached hydrogens (primary N) is 1. The van der Waals surface area contributed by atoms with Crippen LogP contribution in [0.4, 0.5) is 0 Å². The van der Waals surface area contributed by atoms with Crippen LogP contribution in [-0.2, 0) is 4.79 Å². The zero-order chi connectivity index (χ0) is 12.4. The van der Waals surface area contributed by atoms with E-state index in [2.05, 4.69) is 18.7 Å². The molecule has 1 unspecified atom stereocenters. The van der Waals surface area contributed by atoms with Gasteiger partial charge in [-0.2, -0.15) is 0 Å². The summed E-state index contributed by atoms with van der Waals surface area (Å²) in [5.41, 5.74) is 5.93. The third-order valence-electron chi connectivity index (χ3n) is 4.52. The molecule has 17 heavy (non-hydrogen) atoms. The molecule has 0 heterocycles. The highest BCUT2D eigenvalue weighted by atomic mass is 16.2. The Morgan fingerprint density at radius 2 is 1.82 bits per heavy atom. The van der Waals surface area contributed by atoms with Crippen molar-refractivity contribution in [3.8, 4) is 0 Å². The van der Waals surface area contributed by atoms with Crippen LogP contribution in [0.15, 0.2) is 0 Å². The van der Waals surface area contributed by atoms with Gasteiger partial charge in [0.1, 0.15) is 0 Å². The second kappa shape index (κ2) is 5.38. The van der Waals surface area contributed by atoms with Crippen LogP contribution in [0.2, 0.25) is 0 Å². The minimum atomic E-state index is 0.241. The van der Waals surface area contributed by atoms with Crippen LogP contribution in [-0.4, -0.2) is 29.4 Å². The third-order valence-corrected chi connectivity index (χ3v) is 4.52. The van der Waals surface area contributed by atoms with E-state index in [1.54, 1.807) is 0 Å². The monoisotopic (exact) mass is 238 g/mol. The number of carbonyl (C=O) groups excluding carboxylic acids is 1. The molecule has 3 nitrogen and oxygen atoms in total. The van der Waals surface area contributed by atoms with E-state index in [1.165, 1.54) is 12.8 Å². The van der Waals surface area contributed by atoms with E-state index in [0.717, 1.165) is 32.2 Å². The minimum Gasteiger partial charge on any atom is -0.340 e. The van der Waals surface area contributed by atoms with Gasteiger partial charge in [0.25, 0.3) is 0 Å². The van der Waals surface area contributed by atoms with Crippen LogP contribution < -0.4 is 5.73 Å². The summed E-state index contributed by atoms with van der Waals surface area (Å²) in [6, 6.07) is 0.814. The predicted molar refractivity (Wildman–Crippen MR) is 69.5 cm³/mol.